The van der Waals surface area contributed by atoms with Crippen molar-refractivity contribution >= 4 is 10.0 Å². The first-order valence-electron chi connectivity index (χ1n) is 6.29. The topological polar surface area (TPSA) is 73.2 Å². The number of hydrogen-bond donors (Lipinski definition) is 1. The third kappa shape index (κ3) is 3.77. The molecule has 1 saturated heterocycles. The summed E-state index contributed by atoms with van der Waals surface area (Å²) in [5.74, 6) is -0.00128. The van der Waals surface area contributed by atoms with Gasteiger partial charge in [-0.25, -0.2) is 12.7 Å². The van der Waals surface area contributed by atoms with Crippen molar-refractivity contribution in [3.05, 3.63) is 35.4 Å². The Morgan fingerprint density at radius 2 is 1.95 bits per heavy atom. The summed E-state index contributed by atoms with van der Waals surface area (Å²) < 4.78 is 26.1. The standard InChI is InChI=1S/C13H17N3O2S/c14-10-12-2-4-13(5-3-12)11-19(17,18)16-8-1-6-15-7-9-16/h2-5,15H,1,6-9,11H2. The van der Waals surface area contributed by atoms with Crippen molar-refractivity contribution in [1.29, 1.82) is 5.26 Å². The highest BCUT2D eigenvalue weighted by molar-refractivity contribution is 7.88. The van der Waals surface area contributed by atoms with E-state index in [1.54, 1.807) is 28.6 Å². The van der Waals surface area contributed by atoms with E-state index in [-0.39, 0.29) is 5.75 Å². The highest BCUT2D eigenvalue weighted by Gasteiger charge is 2.23. The fraction of sp³-hybridized carbons (Fsp3) is 0.462. The van der Waals surface area contributed by atoms with Gasteiger partial charge in [-0.15, -0.1) is 0 Å². The molecule has 1 N–H and O–H groups in total. The van der Waals surface area contributed by atoms with Crippen LogP contribution in [0.15, 0.2) is 24.3 Å². The summed E-state index contributed by atoms with van der Waals surface area (Å²) in [6.45, 7) is 2.67. The van der Waals surface area contributed by atoms with E-state index in [2.05, 4.69) is 5.32 Å². The van der Waals surface area contributed by atoms with E-state index < -0.39 is 10.0 Å². The van der Waals surface area contributed by atoms with Crippen LogP contribution in [-0.4, -0.2) is 38.9 Å². The minimum Gasteiger partial charge on any atom is -0.315 e. The number of nitriles is 1. The molecule has 19 heavy (non-hydrogen) atoms. The summed E-state index contributed by atoms with van der Waals surface area (Å²) in [6, 6.07) is 8.72. The van der Waals surface area contributed by atoms with Crippen LogP contribution in [0.3, 0.4) is 0 Å². The quantitative estimate of drug-likeness (QED) is 0.883. The Labute approximate surface area is 113 Å². The second kappa shape index (κ2) is 6.15. The van der Waals surface area contributed by atoms with Gasteiger partial charge < -0.3 is 5.32 Å². The van der Waals surface area contributed by atoms with Gasteiger partial charge in [0.2, 0.25) is 10.0 Å². The molecule has 1 fully saturated rings. The van der Waals surface area contributed by atoms with E-state index in [4.69, 9.17) is 5.26 Å². The molecule has 1 aromatic rings. The van der Waals surface area contributed by atoms with E-state index in [9.17, 15) is 8.42 Å². The molecule has 6 heteroatoms. The Balaban J connectivity index is 2.09. The number of nitrogens with one attached hydrogen (secondary N) is 1. The van der Waals surface area contributed by atoms with E-state index in [1.807, 2.05) is 6.07 Å². The van der Waals surface area contributed by atoms with E-state index in [1.165, 1.54) is 0 Å². The highest BCUT2D eigenvalue weighted by Crippen LogP contribution is 2.13. The van der Waals surface area contributed by atoms with Crippen LogP contribution in [-0.2, 0) is 15.8 Å². The Hall–Kier alpha value is -1.42. The van der Waals surface area contributed by atoms with Gasteiger partial charge in [-0.2, -0.15) is 5.26 Å². The van der Waals surface area contributed by atoms with Crippen LogP contribution in [0.5, 0.6) is 0 Å². The summed E-state index contributed by atoms with van der Waals surface area (Å²) in [6.07, 6.45) is 0.840. The van der Waals surface area contributed by atoms with Gasteiger partial charge in [0.1, 0.15) is 0 Å². The number of sulfonamides is 1. The Morgan fingerprint density at radius 1 is 1.21 bits per heavy atom. The Morgan fingerprint density at radius 3 is 2.63 bits per heavy atom. The molecule has 0 amide bonds. The molecule has 0 aromatic heterocycles. The Bertz CT molecular complexity index is 553. The molecule has 0 saturated carbocycles. The summed E-state index contributed by atoms with van der Waals surface area (Å²) in [5.41, 5.74) is 1.26. The van der Waals surface area contributed by atoms with Crippen molar-refractivity contribution in [3.8, 4) is 6.07 Å². The third-order valence-electron chi connectivity index (χ3n) is 3.12. The SMILES string of the molecule is N#Cc1ccc(CS(=O)(=O)N2CCCNCC2)cc1. The van der Waals surface area contributed by atoms with Gasteiger partial charge in [0.05, 0.1) is 17.4 Å². The molecular weight excluding hydrogens is 262 g/mol. The van der Waals surface area contributed by atoms with Crippen molar-refractivity contribution in [2.24, 2.45) is 0 Å². The number of nitrogens with zero attached hydrogens (tertiary/aromatic N) is 2. The van der Waals surface area contributed by atoms with Crippen molar-refractivity contribution in [1.82, 2.24) is 9.62 Å². The maximum atomic E-state index is 12.3. The molecule has 0 bridgehead atoms. The van der Waals surface area contributed by atoms with Gasteiger partial charge in [-0.05, 0) is 30.7 Å². The molecule has 5 nitrogen and oxygen atoms in total. The summed E-state index contributed by atoms with van der Waals surface area (Å²) in [4.78, 5) is 0. The average Bonchev–Trinajstić information content (AvgIpc) is 2.68. The molecule has 0 atom stereocenters. The fourth-order valence-electron chi connectivity index (χ4n) is 2.08. The molecule has 1 aliphatic heterocycles. The predicted octanol–water partition coefficient (Wildman–Crippen LogP) is 0.683. The molecule has 1 heterocycles. The smallest absolute Gasteiger partial charge is 0.218 e. The first kappa shape index (κ1) is 14.0. The number of hydrogen-bond acceptors (Lipinski definition) is 4. The minimum absolute atomic E-state index is 0.00128. The maximum Gasteiger partial charge on any atom is 0.218 e. The van der Waals surface area contributed by atoms with Crippen LogP contribution in [0.2, 0.25) is 0 Å². The molecular formula is C13H17N3O2S. The lowest BCUT2D eigenvalue weighted by atomic mass is 10.2. The number of benzene rings is 1. The van der Waals surface area contributed by atoms with Crippen LogP contribution in [0.25, 0.3) is 0 Å². The molecule has 1 aromatic carbocycles. The van der Waals surface area contributed by atoms with Crippen LogP contribution in [0.1, 0.15) is 17.5 Å². The van der Waals surface area contributed by atoms with Crippen LogP contribution >= 0.6 is 0 Å². The Kier molecular flexibility index (Phi) is 4.53. The van der Waals surface area contributed by atoms with E-state index >= 15 is 0 Å². The van der Waals surface area contributed by atoms with Crippen molar-refractivity contribution in [2.75, 3.05) is 26.2 Å². The van der Waals surface area contributed by atoms with Gasteiger partial charge in [-0.3, -0.25) is 0 Å². The van der Waals surface area contributed by atoms with Crippen LogP contribution in [0, 0.1) is 11.3 Å². The zero-order chi connectivity index (χ0) is 13.7. The van der Waals surface area contributed by atoms with Gasteiger partial charge in [0.15, 0.2) is 0 Å². The first-order valence-corrected chi connectivity index (χ1v) is 7.90. The van der Waals surface area contributed by atoms with Gasteiger partial charge in [-0.1, -0.05) is 12.1 Å². The van der Waals surface area contributed by atoms with Crippen LogP contribution in [0.4, 0.5) is 0 Å². The highest BCUT2D eigenvalue weighted by atomic mass is 32.2. The summed E-state index contributed by atoms with van der Waals surface area (Å²) >= 11 is 0. The van der Waals surface area contributed by atoms with E-state index in [0.29, 0.717) is 25.2 Å². The van der Waals surface area contributed by atoms with Crippen LogP contribution < -0.4 is 5.32 Å². The lowest BCUT2D eigenvalue weighted by Gasteiger charge is -2.19. The average molecular weight is 279 g/mol. The van der Waals surface area contributed by atoms with Crippen molar-refractivity contribution in [2.45, 2.75) is 12.2 Å². The fourth-order valence-corrected chi connectivity index (χ4v) is 3.65. The maximum absolute atomic E-state index is 12.3. The molecule has 0 unspecified atom stereocenters. The van der Waals surface area contributed by atoms with Gasteiger partial charge in [0, 0.05) is 19.6 Å². The normalized spacial score (nSPS) is 17.6. The van der Waals surface area contributed by atoms with Crippen molar-refractivity contribution in [3.63, 3.8) is 0 Å². The molecule has 1 aliphatic rings. The largest absolute Gasteiger partial charge is 0.315 e. The summed E-state index contributed by atoms with van der Waals surface area (Å²) in [5, 5.41) is 11.9. The molecule has 0 aliphatic carbocycles. The minimum atomic E-state index is -3.27. The zero-order valence-corrected chi connectivity index (χ0v) is 11.5. The summed E-state index contributed by atoms with van der Waals surface area (Å²) in [7, 11) is -3.27. The zero-order valence-electron chi connectivity index (χ0n) is 10.7. The van der Waals surface area contributed by atoms with E-state index in [0.717, 1.165) is 18.5 Å². The van der Waals surface area contributed by atoms with Crippen molar-refractivity contribution < 1.29 is 8.42 Å². The lowest BCUT2D eigenvalue weighted by molar-refractivity contribution is 0.431. The predicted molar refractivity (Wildman–Crippen MR) is 72.8 cm³/mol. The molecule has 102 valence electrons. The van der Waals surface area contributed by atoms with Gasteiger partial charge in [0.25, 0.3) is 0 Å². The van der Waals surface area contributed by atoms with Gasteiger partial charge >= 0.3 is 0 Å². The molecule has 0 radical (unpaired) electrons. The lowest BCUT2D eigenvalue weighted by Crippen LogP contribution is -2.35. The number of rotatable bonds is 3. The second-order valence-corrected chi connectivity index (χ2v) is 6.54. The monoisotopic (exact) mass is 279 g/mol. The molecule has 2 rings (SSSR count). The second-order valence-electron chi connectivity index (χ2n) is 4.57. The first-order chi connectivity index (χ1) is 9.12. The third-order valence-corrected chi connectivity index (χ3v) is 4.97. The molecule has 0 spiro atoms.